The summed E-state index contributed by atoms with van der Waals surface area (Å²) in [6.45, 7) is 0.364. The SMILES string of the molecule is O=c1ccn(Cc2cccc(-c3ccccc3)c2)c(-c2cccc(C(F)(F)F)c2Cl)c1. The number of halogens is 4. The van der Waals surface area contributed by atoms with E-state index in [0.29, 0.717) is 12.2 Å². The molecule has 0 radical (unpaired) electrons. The van der Waals surface area contributed by atoms with Crippen LogP contribution in [-0.2, 0) is 12.7 Å². The summed E-state index contributed by atoms with van der Waals surface area (Å²) in [5, 5.41) is -0.424. The van der Waals surface area contributed by atoms with Crippen LogP contribution in [0.4, 0.5) is 13.2 Å². The summed E-state index contributed by atoms with van der Waals surface area (Å²) in [4.78, 5) is 12.0. The molecule has 31 heavy (non-hydrogen) atoms. The minimum Gasteiger partial charge on any atom is -0.343 e. The molecule has 0 atom stereocenters. The second-order valence-electron chi connectivity index (χ2n) is 7.11. The Labute approximate surface area is 182 Å². The predicted octanol–water partition coefficient (Wildman–Crippen LogP) is 6.90. The Kier molecular flexibility index (Phi) is 5.70. The van der Waals surface area contributed by atoms with E-state index in [1.54, 1.807) is 10.8 Å². The fourth-order valence-corrected chi connectivity index (χ4v) is 3.84. The fourth-order valence-electron chi connectivity index (χ4n) is 3.51. The van der Waals surface area contributed by atoms with Crippen molar-refractivity contribution in [2.24, 2.45) is 0 Å². The average Bonchev–Trinajstić information content (AvgIpc) is 2.75. The molecule has 0 saturated heterocycles. The lowest BCUT2D eigenvalue weighted by Crippen LogP contribution is -2.11. The molecule has 0 aliphatic heterocycles. The molecular weight excluding hydrogens is 423 g/mol. The first kappa shape index (κ1) is 20.9. The molecule has 4 rings (SSSR count). The van der Waals surface area contributed by atoms with Crippen LogP contribution in [0.25, 0.3) is 22.4 Å². The molecule has 0 aliphatic rings. The Hall–Kier alpha value is -3.31. The van der Waals surface area contributed by atoms with Crippen molar-refractivity contribution in [1.82, 2.24) is 4.57 Å². The van der Waals surface area contributed by atoms with Crippen molar-refractivity contribution in [3.05, 3.63) is 117 Å². The number of rotatable bonds is 4. The molecule has 1 aromatic heterocycles. The maximum atomic E-state index is 13.3. The van der Waals surface area contributed by atoms with Crippen molar-refractivity contribution in [1.29, 1.82) is 0 Å². The Morgan fingerprint density at radius 2 is 1.52 bits per heavy atom. The highest BCUT2D eigenvalue weighted by atomic mass is 35.5. The van der Waals surface area contributed by atoms with Crippen LogP contribution in [0.1, 0.15) is 11.1 Å². The van der Waals surface area contributed by atoms with Gasteiger partial charge in [-0.05, 0) is 28.8 Å². The van der Waals surface area contributed by atoms with Gasteiger partial charge in [-0.3, -0.25) is 4.79 Å². The third kappa shape index (κ3) is 4.57. The van der Waals surface area contributed by atoms with Crippen molar-refractivity contribution in [2.75, 3.05) is 0 Å². The topological polar surface area (TPSA) is 22.0 Å². The second-order valence-corrected chi connectivity index (χ2v) is 7.48. The zero-order valence-corrected chi connectivity index (χ0v) is 17.0. The van der Waals surface area contributed by atoms with Crippen LogP contribution >= 0.6 is 11.6 Å². The van der Waals surface area contributed by atoms with Crippen molar-refractivity contribution >= 4 is 11.6 Å². The number of hydrogen-bond donors (Lipinski definition) is 0. The number of aromatic nitrogens is 1. The Morgan fingerprint density at radius 1 is 0.806 bits per heavy atom. The monoisotopic (exact) mass is 439 g/mol. The minimum atomic E-state index is -4.59. The van der Waals surface area contributed by atoms with Crippen LogP contribution in [0.5, 0.6) is 0 Å². The van der Waals surface area contributed by atoms with Crippen LogP contribution in [0.3, 0.4) is 0 Å². The maximum Gasteiger partial charge on any atom is 0.417 e. The summed E-state index contributed by atoms with van der Waals surface area (Å²) in [5.74, 6) is 0. The summed E-state index contributed by atoms with van der Waals surface area (Å²) in [6, 6.07) is 24.1. The van der Waals surface area contributed by atoms with Crippen LogP contribution in [0.2, 0.25) is 5.02 Å². The molecule has 0 spiro atoms. The normalized spacial score (nSPS) is 11.5. The largest absolute Gasteiger partial charge is 0.417 e. The Bertz CT molecular complexity index is 1280. The summed E-state index contributed by atoms with van der Waals surface area (Å²) in [5.41, 5.74) is 2.28. The summed E-state index contributed by atoms with van der Waals surface area (Å²) >= 11 is 6.13. The van der Waals surface area contributed by atoms with E-state index < -0.39 is 16.8 Å². The molecule has 6 heteroatoms. The van der Waals surface area contributed by atoms with Crippen LogP contribution in [0, 0.1) is 0 Å². The molecule has 0 amide bonds. The first-order valence-corrected chi connectivity index (χ1v) is 9.92. The highest BCUT2D eigenvalue weighted by Crippen LogP contribution is 2.39. The third-order valence-electron chi connectivity index (χ3n) is 4.97. The third-order valence-corrected chi connectivity index (χ3v) is 5.38. The summed E-state index contributed by atoms with van der Waals surface area (Å²) in [6.07, 6.45) is -3.01. The van der Waals surface area contributed by atoms with E-state index in [2.05, 4.69) is 0 Å². The predicted molar refractivity (Wildman–Crippen MR) is 117 cm³/mol. The fraction of sp³-hybridized carbons (Fsp3) is 0.0800. The van der Waals surface area contributed by atoms with Gasteiger partial charge in [-0.15, -0.1) is 0 Å². The highest BCUT2D eigenvalue weighted by molar-refractivity contribution is 6.34. The van der Waals surface area contributed by atoms with E-state index in [9.17, 15) is 18.0 Å². The van der Waals surface area contributed by atoms with Gasteiger partial charge in [-0.1, -0.05) is 72.3 Å². The van der Waals surface area contributed by atoms with Gasteiger partial charge in [0.15, 0.2) is 5.43 Å². The van der Waals surface area contributed by atoms with E-state index in [1.807, 2.05) is 54.6 Å². The minimum absolute atomic E-state index is 0.161. The van der Waals surface area contributed by atoms with E-state index in [0.717, 1.165) is 22.8 Å². The smallest absolute Gasteiger partial charge is 0.343 e. The number of benzene rings is 3. The van der Waals surface area contributed by atoms with Crippen molar-refractivity contribution < 1.29 is 13.2 Å². The lowest BCUT2D eigenvalue weighted by Gasteiger charge is -2.17. The zero-order chi connectivity index (χ0) is 22.0. The van der Waals surface area contributed by atoms with Crippen LogP contribution < -0.4 is 5.43 Å². The second kappa shape index (κ2) is 8.44. The maximum absolute atomic E-state index is 13.3. The molecule has 4 aromatic rings. The summed E-state index contributed by atoms with van der Waals surface area (Å²) in [7, 11) is 0. The first-order valence-electron chi connectivity index (χ1n) is 9.54. The van der Waals surface area contributed by atoms with Gasteiger partial charge in [0.25, 0.3) is 0 Å². The number of hydrogen-bond acceptors (Lipinski definition) is 1. The molecule has 0 N–H and O–H groups in total. The number of nitrogens with zero attached hydrogens (tertiary/aromatic N) is 1. The molecule has 3 aromatic carbocycles. The quantitative estimate of drug-likeness (QED) is 0.339. The molecule has 0 fully saturated rings. The van der Waals surface area contributed by atoms with Crippen LogP contribution in [0.15, 0.2) is 95.9 Å². The first-order chi connectivity index (χ1) is 14.8. The van der Waals surface area contributed by atoms with Gasteiger partial charge in [0.05, 0.1) is 16.3 Å². The standard InChI is InChI=1S/C25H17ClF3NO/c26-24-21(10-5-11-22(24)25(27,28)29)23-15-20(31)12-13-30(23)16-17-6-4-9-19(14-17)18-7-2-1-3-8-18/h1-15H,16H2. The molecule has 156 valence electrons. The van der Waals surface area contributed by atoms with Gasteiger partial charge < -0.3 is 4.57 Å². The number of alkyl halides is 3. The van der Waals surface area contributed by atoms with Gasteiger partial charge >= 0.3 is 6.18 Å². The zero-order valence-electron chi connectivity index (χ0n) is 16.2. The lowest BCUT2D eigenvalue weighted by atomic mass is 10.0. The van der Waals surface area contributed by atoms with E-state index in [1.165, 1.54) is 24.3 Å². The molecule has 0 bridgehead atoms. The molecule has 0 unspecified atom stereocenters. The average molecular weight is 440 g/mol. The molecule has 1 heterocycles. The number of pyridine rings is 1. The molecular formula is C25H17ClF3NO. The van der Waals surface area contributed by atoms with Crippen molar-refractivity contribution in [2.45, 2.75) is 12.7 Å². The van der Waals surface area contributed by atoms with Gasteiger partial charge in [-0.2, -0.15) is 13.2 Å². The van der Waals surface area contributed by atoms with E-state index in [4.69, 9.17) is 11.6 Å². The van der Waals surface area contributed by atoms with Gasteiger partial charge in [0.1, 0.15) is 0 Å². The van der Waals surface area contributed by atoms with Gasteiger partial charge in [-0.25, -0.2) is 0 Å². The van der Waals surface area contributed by atoms with E-state index >= 15 is 0 Å². The molecule has 2 nitrogen and oxygen atoms in total. The Balaban J connectivity index is 1.77. The van der Waals surface area contributed by atoms with Gasteiger partial charge in [0, 0.05) is 30.4 Å². The Morgan fingerprint density at radius 3 is 2.26 bits per heavy atom. The molecule has 0 aliphatic carbocycles. The van der Waals surface area contributed by atoms with Gasteiger partial charge in [0.2, 0.25) is 0 Å². The highest BCUT2D eigenvalue weighted by Gasteiger charge is 2.34. The lowest BCUT2D eigenvalue weighted by molar-refractivity contribution is -0.137. The van der Waals surface area contributed by atoms with Crippen molar-refractivity contribution in [3.8, 4) is 22.4 Å². The van der Waals surface area contributed by atoms with E-state index in [-0.39, 0.29) is 11.0 Å². The van der Waals surface area contributed by atoms with Crippen molar-refractivity contribution in [3.63, 3.8) is 0 Å². The summed E-state index contributed by atoms with van der Waals surface area (Å²) < 4.78 is 41.7. The van der Waals surface area contributed by atoms with Crippen LogP contribution in [-0.4, -0.2) is 4.57 Å². The molecule has 0 saturated carbocycles.